The molecule has 0 saturated heterocycles. The zero-order chi connectivity index (χ0) is 25.0. The average molecular weight is 489 g/mol. The van der Waals surface area contributed by atoms with Gasteiger partial charge in [0.1, 0.15) is 24.6 Å². The lowest BCUT2D eigenvalue weighted by molar-refractivity contribution is -0.223. The molecule has 0 saturated carbocycles. The number of nitrogens with one attached hydrogen (secondary N) is 2. The summed E-state index contributed by atoms with van der Waals surface area (Å²) in [6.07, 6.45) is -6.28. The second-order valence-corrected chi connectivity index (χ2v) is 14.8. The lowest BCUT2D eigenvalue weighted by Gasteiger charge is -2.25. The molecule has 0 bridgehead atoms. The Morgan fingerprint density at radius 3 is 2.28 bits per heavy atom. The summed E-state index contributed by atoms with van der Waals surface area (Å²) in [6, 6.07) is 0.841. The summed E-state index contributed by atoms with van der Waals surface area (Å²) in [5.41, 5.74) is 1.70. The molecule has 2 N–H and O–H groups in total. The number of rotatable bonds is 12. The molecule has 0 rings (SSSR count). The lowest BCUT2D eigenvalue weighted by atomic mass is 10.2. The van der Waals surface area contributed by atoms with Gasteiger partial charge in [-0.2, -0.15) is 13.2 Å². The number of hydrogen-bond acceptors (Lipinski definition) is 6. The number of amides is 1. The first-order valence-electron chi connectivity index (χ1n) is 10.1. The van der Waals surface area contributed by atoms with Crippen LogP contribution in [0.15, 0.2) is 16.9 Å². The molecule has 0 radical (unpaired) electrons. The fourth-order valence-electron chi connectivity index (χ4n) is 1.91. The highest BCUT2D eigenvalue weighted by atomic mass is 28.3. The molecule has 0 unspecified atom stereocenters. The van der Waals surface area contributed by atoms with Crippen LogP contribution in [0.2, 0.25) is 25.7 Å². The molecular formula is C19H36F4N4O4Si. The number of nitrogens with zero attached hydrogens (tertiary/aromatic N) is 2. The fraction of sp³-hybridized carbons (Fsp3) is 0.789. The highest BCUT2D eigenvalue weighted by molar-refractivity contribution is 6.76. The van der Waals surface area contributed by atoms with Crippen molar-refractivity contribution in [3.8, 4) is 0 Å². The van der Waals surface area contributed by atoms with Crippen LogP contribution in [0.4, 0.5) is 22.4 Å². The van der Waals surface area contributed by atoms with Crippen LogP contribution < -0.4 is 10.7 Å². The van der Waals surface area contributed by atoms with E-state index in [2.05, 4.69) is 35.4 Å². The van der Waals surface area contributed by atoms with E-state index in [1.165, 1.54) is 7.05 Å². The molecule has 0 atom stereocenters. The minimum Gasteiger partial charge on any atom is -0.444 e. The number of amidine groups is 1. The van der Waals surface area contributed by atoms with Crippen LogP contribution in [0.1, 0.15) is 27.2 Å². The maximum absolute atomic E-state index is 13.2. The molecule has 0 aromatic carbocycles. The Bertz CT molecular complexity index is 632. The molecule has 13 heteroatoms. The number of aliphatic imine (C=N–C) groups is 1. The first kappa shape index (κ1) is 30.3. The number of hydrazine groups is 1. The van der Waals surface area contributed by atoms with Crippen LogP contribution in [-0.4, -0.2) is 70.5 Å². The Morgan fingerprint density at radius 1 is 1.19 bits per heavy atom. The topological polar surface area (TPSA) is 84.4 Å². The van der Waals surface area contributed by atoms with Gasteiger partial charge in [-0.1, -0.05) is 24.8 Å². The van der Waals surface area contributed by atoms with Gasteiger partial charge in [0.05, 0.1) is 12.9 Å². The van der Waals surface area contributed by atoms with E-state index in [0.717, 1.165) is 11.2 Å². The largest absolute Gasteiger partial charge is 0.444 e. The van der Waals surface area contributed by atoms with Crippen molar-refractivity contribution < 1.29 is 36.7 Å². The summed E-state index contributed by atoms with van der Waals surface area (Å²) in [5.74, 6) is -0.399. The normalized spacial score (nSPS) is 14.0. The lowest BCUT2D eigenvalue weighted by Crippen LogP contribution is -2.45. The van der Waals surface area contributed by atoms with Gasteiger partial charge in [0.15, 0.2) is 0 Å². The Kier molecular flexibility index (Phi) is 13.0. The van der Waals surface area contributed by atoms with Crippen molar-refractivity contribution in [3.05, 3.63) is 11.9 Å². The van der Waals surface area contributed by atoms with Crippen LogP contribution in [0.3, 0.4) is 0 Å². The average Bonchev–Trinajstić information content (AvgIpc) is 2.60. The zero-order valence-electron chi connectivity index (χ0n) is 19.9. The third kappa shape index (κ3) is 17.9. The Morgan fingerprint density at radius 2 is 1.81 bits per heavy atom. The number of hydrogen-bond donors (Lipinski definition) is 2. The Balaban J connectivity index is 4.91. The summed E-state index contributed by atoms with van der Waals surface area (Å²) >= 11 is 0. The SMILES string of the molecule is CN=C(CC(F)(F)F)NN(COCC[Si](C)(C)C)OC/C(=C/F)CNC(=O)OC(C)(C)C. The highest BCUT2D eigenvalue weighted by Gasteiger charge is 2.30. The summed E-state index contributed by atoms with van der Waals surface area (Å²) in [6.45, 7) is 11.1. The monoisotopic (exact) mass is 488 g/mol. The summed E-state index contributed by atoms with van der Waals surface area (Å²) < 4.78 is 62.0. The van der Waals surface area contributed by atoms with E-state index in [1.807, 2.05) is 0 Å². The van der Waals surface area contributed by atoms with Gasteiger partial charge in [0, 0.05) is 33.8 Å². The van der Waals surface area contributed by atoms with E-state index < -0.39 is 38.2 Å². The van der Waals surface area contributed by atoms with E-state index in [4.69, 9.17) is 14.3 Å². The Hall–Kier alpha value is -1.70. The predicted octanol–water partition coefficient (Wildman–Crippen LogP) is 4.40. The smallest absolute Gasteiger partial charge is 0.407 e. The van der Waals surface area contributed by atoms with Crippen molar-refractivity contribution in [1.82, 2.24) is 15.9 Å². The third-order valence-corrected chi connectivity index (χ3v) is 5.22. The van der Waals surface area contributed by atoms with Gasteiger partial charge >= 0.3 is 12.3 Å². The molecule has 0 aliphatic carbocycles. The van der Waals surface area contributed by atoms with Gasteiger partial charge in [-0.3, -0.25) is 15.3 Å². The van der Waals surface area contributed by atoms with Crippen LogP contribution in [-0.2, 0) is 14.3 Å². The van der Waals surface area contributed by atoms with E-state index in [9.17, 15) is 22.4 Å². The number of alkyl halides is 3. The maximum atomic E-state index is 13.2. The minimum atomic E-state index is -4.48. The minimum absolute atomic E-state index is 0.0237. The van der Waals surface area contributed by atoms with Gasteiger partial charge < -0.3 is 14.8 Å². The van der Waals surface area contributed by atoms with Gasteiger partial charge in [-0.25, -0.2) is 9.18 Å². The third-order valence-electron chi connectivity index (χ3n) is 3.52. The van der Waals surface area contributed by atoms with Crippen LogP contribution in [0, 0.1) is 0 Å². The molecular weight excluding hydrogens is 452 g/mol. The quantitative estimate of drug-likeness (QED) is 0.0806. The van der Waals surface area contributed by atoms with Crippen LogP contribution in [0.5, 0.6) is 0 Å². The summed E-state index contributed by atoms with van der Waals surface area (Å²) in [5, 5.41) is 3.29. The van der Waals surface area contributed by atoms with E-state index in [1.54, 1.807) is 20.8 Å². The second kappa shape index (κ2) is 13.8. The van der Waals surface area contributed by atoms with Crippen LogP contribution in [0.25, 0.3) is 0 Å². The molecule has 32 heavy (non-hydrogen) atoms. The second-order valence-electron chi connectivity index (χ2n) is 9.20. The van der Waals surface area contributed by atoms with E-state index in [-0.39, 0.29) is 31.8 Å². The highest BCUT2D eigenvalue weighted by Crippen LogP contribution is 2.19. The molecule has 8 nitrogen and oxygen atoms in total. The molecule has 0 spiro atoms. The number of ether oxygens (including phenoxy) is 2. The van der Waals surface area contributed by atoms with Crippen molar-refractivity contribution in [2.45, 2.75) is 64.7 Å². The standard InChI is InChI=1S/C19H36F4N4O4Si/c1-18(2,3)31-17(28)25-12-15(11-20)13-30-27(14-29-8-9-32(5,6)7)26-16(24-4)10-19(21,22)23/h11H,8-10,12-14H2,1-7H3,(H,24,26)(H,25,28)/b15-11+. The number of halogens is 4. The first-order valence-corrected chi connectivity index (χ1v) is 13.8. The molecule has 0 fully saturated rings. The fourth-order valence-corrected chi connectivity index (χ4v) is 2.67. The molecule has 0 aromatic rings. The first-order chi connectivity index (χ1) is 14.5. The molecule has 0 heterocycles. The Labute approximate surface area is 188 Å². The van der Waals surface area contributed by atoms with E-state index >= 15 is 0 Å². The molecule has 0 aliphatic rings. The van der Waals surface area contributed by atoms with Crippen molar-refractivity contribution in [2.75, 3.05) is 33.5 Å². The number of hydroxylamine groups is 1. The predicted molar refractivity (Wildman–Crippen MR) is 117 cm³/mol. The van der Waals surface area contributed by atoms with Crippen molar-refractivity contribution >= 4 is 20.0 Å². The van der Waals surface area contributed by atoms with Crippen molar-refractivity contribution in [3.63, 3.8) is 0 Å². The number of carbonyl (C=O) groups is 1. The van der Waals surface area contributed by atoms with Crippen molar-refractivity contribution in [2.24, 2.45) is 4.99 Å². The molecule has 188 valence electrons. The van der Waals surface area contributed by atoms with Crippen LogP contribution >= 0.6 is 0 Å². The van der Waals surface area contributed by atoms with Crippen molar-refractivity contribution in [1.29, 1.82) is 0 Å². The molecule has 0 aliphatic heterocycles. The van der Waals surface area contributed by atoms with Gasteiger partial charge in [0.25, 0.3) is 0 Å². The zero-order valence-corrected chi connectivity index (χ0v) is 20.9. The molecule has 1 amide bonds. The maximum Gasteiger partial charge on any atom is 0.407 e. The summed E-state index contributed by atoms with van der Waals surface area (Å²) in [4.78, 5) is 20.6. The van der Waals surface area contributed by atoms with Gasteiger partial charge in [-0.05, 0) is 26.8 Å². The number of alkyl carbamates (subject to hydrolysis) is 1. The van der Waals surface area contributed by atoms with Gasteiger partial charge in [0.2, 0.25) is 0 Å². The van der Waals surface area contributed by atoms with E-state index in [0.29, 0.717) is 6.61 Å². The van der Waals surface area contributed by atoms with Gasteiger partial charge in [-0.15, -0.1) is 0 Å². The number of carbonyl (C=O) groups excluding carboxylic acids is 1. The molecule has 0 aromatic heterocycles. The summed E-state index contributed by atoms with van der Waals surface area (Å²) in [7, 11) is -0.164.